The molecule has 6 nitrogen and oxygen atoms in total. The van der Waals surface area contributed by atoms with Gasteiger partial charge in [-0.1, -0.05) is 12.1 Å². The van der Waals surface area contributed by atoms with Gasteiger partial charge in [0.15, 0.2) is 23.9 Å². The monoisotopic (exact) mass is 422 g/mol. The first-order valence-electron chi connectivity index (χ1n) is 8.47. The summed E-state index contributed by atoms with van der Waals surface area (Å²) in [7, 11) is 0. The molecule has 0 atom stereocenters. The Kier molecular flexibility index (Phi) is 6.05. The molecule has 3 aromatic rings. The molecule has 0 radical (unpaired) electrons. The highest BCUT2D eigenvalue weighted by Gasteiger charge is 2.34. The molecule has 3 rings (SSSR count). The average Bonchev–Trinajstić information content (AvgIpc) is 3.23. The van der Waals surface area contributed by atoms with Gasteiger partial charge in [0.05, 0.1) is 17.5 Å². The Morgan fingerprint density at radius 2 is 1.77 bits per heavy atom. The number of amides is 2. The summed E-state index contributed by atoms with van der Waals surface area (Å²) < 4.78 is 63.6. The molecule has 1 heterocycles. The van der Waals surface area contributed by atoms with Crippen LogP contribution in [0.5, 0.6) is 5.75 Å². The van der Waals surface area contributed by atoms with Crippen LogP contribution in [0.25, 0.3) is 0 Å². The van der Waals surface area contributed by atoms with Gasteiger partial charge in [-0.05, 0) is 42.5 Å². The zero-order valence-electron chi connectivity index (χ0n) is 15.1. The molecule has 0 aliphatic heterocycles. The summed E-state index contributed by atoms with van der Waals surface area (Å²) in [5, 5.41) is 4.36. The summed E-state index contributed by atoms with van der Waals surface area (Å²) in [6, 6.07) is 10.9. The zero-order valence-corrected chi connectivity index (χ0v) is 15.1. The van der Waals surface area contributed by atoms with Crippen LogP contribution in [0.1, 0.15) is 16.1 Å². The fraction of sp³-hybridized carbons (Fsp3) is 0.100. The van der Waals surface area contributed by atoms with Gasteiger partial charge in [0.1, 0.15) is 0 Å². The van der Waals surface area contributed by atoms with Crippen molar-refractivity contribution >= 4 is 23.2 Å². The number of halogens is 4. The van der Waals surface area contributed by atoms with Gasteiger partial charge < -0.3 is 19.8 Å². The van der Waals surface area contributed by atoms with Crippen LogP contribution in [0.3, 0.4) is 0 Å². The van der Waals surface area contributed by atoms with Crippen LogP contribution in [0.2, 0.25) is 0 Å². The second-order valence-electron chi connectivity index (χ2n) is 5.96. The molecule has 0 aliphatic carbocycles. The van der Waals surface area contributed by atoms with E-state index >= 15 is 0 Å². The number of ether oxygens (including phenoxy) is 1. The van der Waals surface area contributed by atoms with Crippen LogP contribution >= 0.6 is 0 Å². The van der Waals surface area contributed by atoms with E-state index < -0.39 is 41.7 Å². The van der Waals surface area contributed by atoms with Crippen molar-refractivity contribution in [2.75, 3.05) is 17.2 Å². The molecule has 2 amide bonds. The lowest BCUT2D eigenvalue weighted by Crippen LogP contribution is -2.23. The Morgan fingerprint density at radius 3 is 2.43 bits per heavy atom. The van der Waals surface area contributed by atoms with Crippen molar-refractivity contribution in [3.8, 4) is 5.75 Å². The minimum atomic E-state index is -4.82. The minimum Gasteiger partial charge on any atom is -0.481 e. The van der Waals surface area contributed by atoms with E-state index in [4.69, 9.17) is 9.15 Å². The number of rotatable bonds is 6. The first kappa shape index (κ1) is 20.9. The molecular formula is C20H14F4N2O4. The predicted octanol–water partition coefficient (Wildman–Crippen LogP) is 4.71. The SMILES string of the molecule is O=C(COc1ccccc1F)Nc1ccc(NC(=O)c2ccco2)cc1C(F)(F)F. The van der Waals surface area contributed by atoms with Crippen LogP contribution in [0.15, 0.2) is 65.3 Å². The summed E-state index contributed by atoms with van der Waals surface area (Å²) >= 11 is 0. The van der Waals surface area contributed by atoms with E-state index in [2.05, 4.69) is 10.6 Å². The van der Waals surface area contributed by atoms with Crippen LogP contribution < -0.4 is 15.4 Å². The predicted molar refractivity (Wildman–Crippen MR) is 98.6 cm³/mol. The number of hydrogen-bond donors (Lipinski definition) is 2. The molecule has 0 aliphatic rings. The van der Waals surface area contributed by atoms with Gasteiger partial charge in [-0.15, -0.1) is 0 Å². The average molecular weight is 422 g/mol. The van der Waals surface area contributed by atoms with Gasteiger partial charge >= 0.3 is 6.18 Å². The molecule has 0 unspecified atom stereocenters. The van der Waals surface area contributed by atoms with Crippen molar-refractivity contribution in [2.45, 2.75) is 6.18 Å². The molecule has 156 valence electrons. The third-order valence-corrected chi connectivity index (χ3v) is 3.80. The number of alkyl halides is 3. The van der Waals surface area contributed by atoms with Crippen LogP contribution in [0.4, 0.5) is 28.9 Å². The van der Waals surface area contributed by atoms with E-state index in [1.54, 1.807) is 0 Å². The molecule has 2 N–H and O–H groups in total. The number of anilines is 2. The quantitative estimate of drug-likeness (QED) is 0.564. The summed E-state index contributed by atoms with van der Waals surface area (Å²) in [4.78, 5) is 23.9. The Morgan fingerprint density at radius 1 is 1.00 bits per heavy atom. The third-order valence-electron chi connectivity index (χ3n) is 3.80. The van der Waals surface area contributed by atoms with E-state index in [-0.39, 0.29) is 17.2 Å². The molecule has 0 saturated heterocycles. The number of furan rings is 1. The highest BCUT2D eigenvalue weighted by Crippen LogP contribution is 2.36. The van der Waals surface area contributed by atoms with Crippen molar-refractivity contribution < 1.29 is 36.3 Å². The van der Waals surface area contributed by atoms with E-state index in [0.29, 0.717) is 6.07 Å². The lowest BCUT2D eigenvalue weighted by Gasteiger charge is -2.16. The zero-order chi connectivity index (χ0) is 21.7. The largest absolute Gasteiger partial charge is 0.481 e. The molecule has 0 saturated carbocycles. The normalized spacial score (nSPS) is 11.1. The fourth-order valence-electron chi connectivity index (χ4n) is 2.46. The smallest absolute Gasteiger partial charge is 0.418 e. The number of carbonyl (C=O) groups is 2. The van der Waals surface area contributed by atoms with Crippen molar-refractivity contribution in [1.82, 2.24) is 0 Å². The van der Waals surface area contributed by atoms with Crippen molar-refractivity contribution in [3.05, 3.63) is 78.0 Å². The molecule has 30 heavy (non-hydrogen) atoms. The number of para-hydroxylation sites is 1. The molecule has 2 aromatic carbocycles. The van der Waals surface area contributed by atoms with Gasteiger partial charge in [0, 0.05) is 5.69 Å². The summed E-state index contributed by atoms with van der Waals surface area (Å²) in [6.45, 7) is -0.699. The number of nitrogens with one attached hydrogen (secondary N) is 2. The van der Waals surface area contributed by atoms with Crippen LogP contribution in [-0.2, 0) is 11.0 Å². The molecule has 10 heteroatoms. The molecule has 0 spiro atoms. The highest BCUT2D eigenvalue weighted by molar-refractivity contribution is 6.02. The standard InChI is InChI=1S/C20H14F4N2O4/c21-14-4-1-2-5-16(14)30-11-18(27)26-15-8-7-12(10-13(15)20(22,23)24)25-19(28)17-6-3-9-29-17/h1-10H,11H2,(H,25,28)(H,26,27). The lowest BCUT2D eigenvalue weighted by atomic mass is 10.1. The Labute approximate surface area is 167 Å². The third kappa shape index (κ3) is 5.16. The second kappa shape index (κ2) is 8.68. The van der Waals surface area contributed by atoms with Gasteiger partial charge in [-0.2, -0.15) is 13.2 Å². The van der Waals surface area contributed by atoms with Crippen molar-refractivity contribution in [2.24, 2.45) is 0 Å². The number of carbonyl (C=O) groups excluding carboxylic acids is 2. The van der Waals surface area contributed by atoms with E-state index in [9.17, 15) is 27.2 Å². The lowest BCUT2D eigenvalue weighted by molar-refractivity contribution is -0.137. The van der Waals surface area contributed by atoms with Crippen LogP contribution in [-0.4, -0.2) is 18.4 Å². The second-order valence-corrected chi connectivity index (χ2v) is 5.96. The first-order chi connectivity index (χ1) is 14.2. The topological polar surface area (TPSA) is 80.6 Å². The van der Waals surface area contributed by atoms with E-state index in [0.717, 1.165) is 12.1 Å². The van der Waals surface area contributed by atoms with Gasteiger partial charge in [0.2, 0.25) is 0 Å². The van der Waals surface area contributed by atoms with Crippen LogP contribution in [0, 0.1) is 5.82 Å². The number of hydrogen-bond acceptors (Lipinski definition) is 4. The molecular weight excluding hydrogens is 408 g/mol. The Balaban J connectivity index is 1.73. The first-order valence-corrected chi connectivity index (χ1v) is 8.47. The van der Waals surface area contributed by atoms with Crippen molar-refractivity contribution in [1.29, 1.82) is 0 Å². The minimum absolute atomic E-state index is 0.0776. The summed E-state index contributed by atoms with van der Waals surface area (Å²) in [5.74, 6) is -2.65. The van der Waals surface area contributed by atoms with Gasteiger partial charge in [-0.25, -0.2) is 4.39 Å². The summed E-state index contributed by atoms with van der Waals surface area (Å²) in [6.07, 6.45) is -3.57. The molecule has 0 bridgehead atoms. The van der Waals surface area contributed by atoms with Gasteiger partial charge in [-0.3, -0.25) is 9.59 Å². The Hall–Kier alpha value is -3.82. The fourth-order valence-corrected chi connectivity index (χ4v) is 2.46. The Bertz CT molecular complexity index is 1050. The highest BCUT2D eigenvalue weighted by atomic mass is 19.4. The van der Waals surface area contributed by atoms with Gasteiger partial charge in [0.25, 0.3) is 11.8 Å². The van der Waals surface area contributed by atoms with E-state index in [1.807, 2.05) is 0 Å². The maximum Gasteiger partial charge on any atom is 0.418 e. The maximum atomic E-state index is 13.5. The van der Waals surface area contributed by atoms with E-state index in [1.165, 1.54) is 42.7 Å². The maximum absolute atomic E-state index is 13.5. The molecule has 0 fully saturated rings. The van der Waals surface area contributed by atoms with Crippen molar-refractivity contribution in [3.63, 3.8) is 0 Å². The summed E-state index contributed by atoms with van der Waals surface area (Å²) in [5.41, 5.74) is -1.87. The number of benzene rings is 2. The molecule has 1 aromatic heterocycles.